The number of nitro groups is 1. The van der Waals surface area contributed by atoms with Gasteiger partial charge in [0.25, 0.3) is 0 Å². The van der Waals surface area contributed by atoms with Crippen LogP contribution in [0.2, 0.25) is 10.0 Å². The zero-order valence-electron chi connectivity index (χ0n) is 16.0. The number of aromatic amines is 2. The summed E-state index contributed by atoms with van der Waals surface area (Å²) in [6.45, 7) is 0.0964. The van der Waals surface area contributed by atoms with Crippen molar-refractivity contribution in [3.8, 4) is 11.5 Å². The van der Waals surface area contributed by atoms with Crippen molar-refractivity contribution in [2.24, 2.45) is 0 Å². The van der Waals surface area contributed by atoms with Crippen LogP contribution in [-0.4, -0.2) is 22.0 Å². The van der Waals surface area contributed by atoms with Crippen LogP contribution in [-0.2, 0) is 6.61 Å². The molecule has 0 amide bonds. The Morgan fingerprint density at radius 3 is 2.58 bits per heavy atom. The molecule has 0 saturated heterocycles. The highest BCUT2D eigenvalue weighted by Gasteiger charge is 2.19. The minimum Gasteiger partial charge on any atom is -0.493 e. The van der Waals surface area contributed by atoms with Crippen LogP contribution in [0, 0.1) is 10.1 Å². The standard InChI is InChI=1S/C20H15Cl2N3O6/c1-30-16-4-2-3-11(18(16)31-10-12-5-7-13(21)9-14(12)22)6-8-15-17(25(28)29)19(26)24-20(27)23-15/h2-9H,10H2,1H3,(H2,23,24,26,27)/b8-6+. The summed E-state index contributed by atoms with van der Waals surface area (Å²) in [6, 6.07) is 10.0. The monoisotopic (exact) mass is 463 g/mol. The molecule has 2 N–H and O–H groups in total. The van der Waals surface area contributed by atoms with Gasteiger partial charge in [-0.3, -0.25) is 19.9 Å². The normalized spacial score (nSPS) is 10.9. The van der Waals surface area contributed by atoms with E-state index in [0.717, 1.165) is 0 Å². The second kappa shape index (κ2) is 9.50. The van der Waals surface area contributed by atoms with Crippen LogP contribution in [0.15, 0.2) is 46.0 Å². The largest absolute Gasteiger partial charge is 0.493 e. The highest BCUT2D eigenvalue weighted by Crippen LogP contribution is 2.34. The highest BCUT2D eigenvalue weighted by molar-refractivity contribution is 6.35. The molecule has 1 aromatic heterocycles. The number of ether oxygens (including phenoxy) is 2. The molecule has 9 nitrogen and oxygen atoms in total. The van der Waals surface area contributed by atoms with Crippen molar-refractivity contribution in [3.63, 3.8) is 0 Å². The number of nitrogens with zero attached hydrogens (tertiary/aromatic N) is 1. The van der Waals surface area contributed by atoms with Gasteiger partial charge in [-0.25, -0.2) is 4.79 Å². The number of hydrogen-bond donors (Lipinski definition) is 2. The van der Waals surface area contributed by atoms with Gasteiger partial charge < -0.3 is 14.5 Å². The molecule has 0 fully saturated rings. The molecule has 0 aliphatic heterocycles. The lowest BCUT2D eigenvalue weighted by Crippen LogP contribution is -2.25. The molecule has 0 bridgehead atoms. The molecule has 0 saturated carbocycles. The Labute approximate surface area is 185 Å². The van der Waals surface area contributed by atoms with Gasteiger partial charge in [-0.1, -0.05) is 41.4 Å². The van der Waals surface area contributed by atoms with E-state index in [9.17, 15) is 19.7 Å². The minimum atomic E-state index is -1.10. The topological polar surface area (TPSA) is 127 Å². The Balaban J connectivity index is 1.99. The van der Waals surface area contributed by atoms with Crippen molar-refractivity contribution in [2.45, 2.75) is 6.61 Å². The maximum atomic E-state index is 11.8. The number of rotatable bonds is 7. The van der Waals surface area contributed by atoms with Crippen LogP contribution >= 0.6 is 23.2 Å². The Hall–Kier alpha value is -3.56. The molecule has 3 aromatic rings. The van der Waals surface area contributed by atoms with E-state index in [-0.39, 0.29) is 12.3 Å². The lowest BCUT2D eigenvalue weighted by atomic mass is 10.1. The number of methoxy groups -OCH3 is 1. The van der Waals surface area contributed by atoms with Crippen LogP contribution in [0.5, 0.6) is 11.5 Å². The van der Waals surface area contributed by atoms with Crippen LogP contribution in [0.4, 0.5) is 5.69 Å². The van der Waals surface area contributed by atoms with E-state index >= 15 is 0 Å². The molecule has 3 rings (SSSR count). The van der Waals surface area contributed by atoms with E-state index in [2.05, 4.69) is 4.98 Å². The van der Waals surface area contributed by atoms with E-state index in [1.54, 1.807) is 36.4 Å². The summed E-state index contributed by atoms with van der Waals surface area (Å²) >= 11 is 12.1. The van der Waals surface area contributed by atoms with Crippen molar-refractivity contribution >= 4 is 41.0 Å². The van der Waals surface area contributed by atoms with E-state index in [0.29, 0.717) is 32.7 Å². The minimum absolute atomic E-state index is 0.0964. The maximum absolute atomic E-state index is 11.8. The zero-order chi connectivity index (χ0) is 22.5. The van der Waals surface area contributed by atoms with Crippen LogP contribution < -0.4 is 20.7 Å². The fourth-order valence-corrected chi connectivity index (χ4v) is 3.20. The number of hydrogen-bond acceptors (Lipinski definition) is 6. The third kappa shape index (κ3) is 5.14. The highest BCUT2D eigenvalue weighted by atomic mass is 35.5. The van der Waals surface area contributed by atoms with Crippen LogP contribution in [0.3, 0.4) is 0 Å². The van der Waals surface area contributed by atoms with Crippen molar-refractivity contribution in [3.05, 3.63) is 94.2 Å². The average Bonchev–Trinajstić information content (AvgIpc) is 2.71. The number of halogens is 2. The summed E-state index contributed by atoms with van der Waals surface area (Å²) in [7, 11) is 1.46. The molecule has 1 heterocycles. The number of benzene rings is 2. The molecule has 31 heavy (non-hydrogen) atoms. The van der Waals surface area contributed by atoms with Crippen LogP contribution in [0.25, 0.3) is 12.2 Å². The zero-order valence-corrected chi connectivity index (χ0v) is 17.5. The molecule has 0 aliphatic carbocycles. The molecule has 0 atom stereocenters. The Bertz CT molecular complexity index is 1280. The SMILES string of the molecule is COc1cccc(/C=C/c2[nH]c(=O)[nH]c(=O)c2[N+](=O)[O-])c1OCc1ccc(Cl)cc1Cl. The molecule has 2 aromatic carbocycles. The number of para-hydroxylation sites is 1. The number of H-pyrrole nitrogens is 2. The molecular weight excluding hydrogens is 449 g/mol. The van der Waals surface area contributed by atoms with E-state index in [1.165, 1.54) is 19.3 Å². The molecule has 160 valence electrons. The summed E-state index contributed by atoms with van der Waals surface area (Å²) in [5, 5.41) is 12.1. The maximum Gasteiger partial charge on any atom is 0.357 e. The smallest absolute Gasteiger partial charge is 0.357 e. The molecule has 11 heteroatoms. The Morgan fingerprint density at radius 2 is 1.90 bits per heavy atom. The first-order valence-electron chi connectivity index (χ1n) is 8.73. The van der Waals surface area contributed by atoms with Crippen LogP contribution in [0.1, 0.15) is 16.8 Å². The first kappa shape index (κ1) is 22.1. The Kier molecular flexibility index (Phi) is 6.78. The Morgan fingerprint density at radius 1 is 1.13 bits per heavy atom. The van der Waals surface area contributed by atoms with Crippen molar-refractivity contribution in [2.75, 3.05) is 7.11 Å². The van der Waals surface area contributed by atoms with Crippen molar-refractivity contribution in [1.82, 2.24) is 9.97 Å². The summed E-state index contributed by atoms with van der Waals surface area (Å²) < 4.78 is 11.2. The van der Waals surface area contributed by atoms with Gasteiger partial charge in [-0.15, -0.1) is 0 Å². The molecular formula is C20H15Cl2N3O6. The second-order valence-electron chi connectivity index (χ2n) is 6.16. The predicted octanol–water partition coefficient (Wildman–Crippen LogP) is 4.04. The number of nitrogens with one attached hydrogen (secondary N) is 2. The van der Waals surface area contributed by atoms with Gasteiger partial charge in [0.1, 0.15) is 12.3 Å². The molecule has 0 spiro atoms. The van der Waals surface area contributed by atoms with Gasteiger partial charge in [0.15, 0.2) is 11.5 Å². The first-order valence-corrected chi connectivity index (χ1v) is 9.48. The van der Waals surface area contributed by atoms with Gasteiger partial charge in [-0.2, -0.15) is 0 Å². The van der Waals surface area contributed by atoms with Gasteiger partial charge in [0.05, 0.1) is 12.0 Å². The van der Waals surface area contributed by atoms with E-state index in [1.807, 2.05) is 4.98 Å². The number of aromatic nitrogens is 2. The summed E-state index contributed by atoms with van der Waals surface area (Å²) in [5.74, 6) is 0.739. The molecule has 0 aliphatic rings. The van der Waals surface area contributed by atoms with Crippen molar-refractivity contribution < 1.29 is 14.4 Å². The van der Waals surface area contributed by atoms with Gasteiger partial charge in [0, 0.05) is 21.2 Å². The van der Waals surface area contributed by atoms with Gasteiger partial charge in [0.2, 0.25) is 0 Å². The third-order valence-electron chi connectivity index (χ3n) is 4.17. The summed E-state index contributed by atoms with van der Waals surface area (Å²) in [6.07, 6.45) is 2.70. The van der Waals surface area contributed by atoms with E-state index < -0.39 is 21.9 Å². The summed E-state index contributed by atoms with van der Waals surface area (Å²) in [4.78, 5) is 37.7. The van der Waals surface area contributed by atoms with Gasteiger partial charge in [-0.05, 0) is 30.4 Å². The predicted molar refractivity (Wildman–Crippen MR) is 117 cm³/mol. The van der Waals surface area contributed by atoms with E-state index in [4.69, 9.17) is 32.7 Å². The second-order valence-corrected chi connectivity index (χ2v) is 7.01. The van der Waals surface area contributed by atoms with Crippen molar-refractivity contribution in [1.29, 1.82) is 0 Å². The molecule has 0 unspecified atom stereocenters. The third-order valence-corrected chi connectivity index (χ3v) is 4.76. The fourth-order valence-electron chi connectivity index (χ4n) is 2.74. The lowest BCUT2D eigenvalue weighted by Gasteiger charge is -2.14. The average molecular weight is 464 g/mol. The fraction of sp³-hybridized carbons (Fsp3) is 0.100. The van der Waals surface area contributed by atoms with Gasteiger partial charge >= 0.3 is 16.9 Å². The lowest BCUT2D eigenvalue weighted by molar-refractivity contribution is -0.386. The summed E-state index contributed by atoms with van der Waals surface area (Å²) in [5.41, 5.74) is -1.84. The molecule has 0 radical (unpaired) electrons. The quantitative estimate of drug-likeness (QED) is 0.402. The first-order chi connectivity index (χ1) is 14.8.